The summed E-state index contributed by atoms with van der Waals surface area (Å²) in [4.78, 5) is 1.81. The van der Waals surface area contributed by atoms with Gasteiger partial charge in [-0.15, -0.1) is 10.2 Å². The number of benzene rings is 2. The fourth-order valence-electron chi connectivity index (χ4n) is 3.52. The number of sulfonamides is 1. The van der Waals surface area contributed by atoms with Gasteiger partial charge in [0.05, 0.1) is 10.6 Å². The maximum atomic E-state index is 12.9. The van der Waals surface area contributed by atoms with E-state index < -0.39 is 10.0 Å². The van der Waals surface area contributed by atoms with E-state index in [-0.39, 0.29) is 6.04 Å². The lowest BCUT2D eigenvalue weighted by atomic mass is 10.1. The molecule has 0 radical (unpaired) electrons. The number of nitrogen functional groups attached to an aromatic ring is 1. The van der Waals surface area contributed by atoms with E-state index in [0.717, 1.165) is 30.3 Å². The highest BCUT2D eigenvalue weighted by atomic mass is 32.2. The van der Waals surface area contributed by atoms with E-state index in [9.17, 15) is 8.42 Å². The van der Waals surface area contributed by atoms with Crippen LogP contribution in [0.3, 0.4) is 0 Å². The number of hydrogen-bond acceptors (Lipinski definition) is 5. The van der Waals surface area contributed by atoms with Crippen molar-refractivity contribution in [3.05, 3.63) is 42.0 Å². The quantitative estimate of drug-likeness (QED) is 0.700. The van der Waals surface area contributed by atoms with Gasteiger partial charge in [0.1, 0.15) is 11.0 Å². The van der Waals surface area contributed by atoms with Crippen molar-refractivity contribution < 1.29 is 8.42 Å². The molecule has 7 nitrogen and oxygen atoms in total. The normalized spacial score (nSPS) is 18.8. The van der Waals surface area contributed by atoms with Crippen molar-refractivity contribution in [3.63, 3.8) is 0 Å². The van der Waals surface area contributed by atoms with Gasteiger partial charge in [-0.05, 0) is 68.7 Å². The Morgan fingerprint density at radius 1 is 1.07 bits per heavy atom. The van der Waals surface area contributed by atoms with E-state index in [1.165, 1.54) is 4.80 Å². The minimum atomic E-state index is -3.48. The maximum absolute atomic E-state index is 12.9. The fraction of sp³-hybridized carbons (Fsp3) is 0.368. The molecule has 8 heteroatoms. The summed E-state index contributed by atoms with van der Waals surface area (Å²) in [7, 11) is -3.48. The zero-order valence-electron chi connectivity index (χ0n) is 15.5. The summed E-state index contributed by atoms with van der Waals surface area (Å²) in [5.74, 6) is 0. The van der Waals surface area contributed by atoms with Crippen molar-refractivity contribution in [1.29, 1.82) is 0 Å². The van der Waals surface area contributed by atoms with Crippen LogP contribution in [-0.4, -0.2) is 40.3 Å². The van der Waals surface area contributed by atoms with Crippen LogP contribution in [0.25, 0.3) is 16.7 Å². The molecule has 0 unspecified atom stereocenters. The van der Waals surface area contributed by atoms with Crippen LogP contribution in [0, 0.1) is 6.92 Å². The molecule has 2 aromatic carbocycles. The highest BCUT2D eigenvalue weighted by molar-refractivity contribution is 7.89. The Morgan fingerprint density at radius 3 is 2.41 bits per heavy atom. The van der Waals surface area contributed by atoms with E-state index in [4.69, 9.17) is 5.73 Å². The van der Waals surface area contributed by atoms with Crippen LogP contribution in [0.4, 0.5) is 5.69 Å². The van der Waals surface area contributed by atoms with Gasteiger partial charge in [-0.3, -0.25) is 0 Å². The van der Waals surface area contributed by atoms with Gasteiger partial charge in [-0.1, -0.05) is 6.42 Å². The Kier molecular flexibility index (Phi) is 4.39. The molecule has 1 aliphatic heterocycles. The van der Waals surface area contributed by atoms with Crippen molar-refractivity contribution in [1.82, 2.24) is 19.3 Å². The van der Waals surface area contributed by atoms with Crippen molar-refractivity contribution in [3.8, 4) is 5.69 Å². The second kappa shape index (κ2) is 6.61. The maximum Gasteiger partial charge on any atom is 0.243 e. The van der Waals surface area contributed by atoms with Gasteiger partial charge in [0, 0.05) is 18.3 Å². The van der Waals surface area contributed by atoms with Crippen LogP contribution >= 0.6 is 0 Å². The average molecular weight is 385 g/mol. The monoisotopic (exact) mass is 385 g/mol. The van der Waals surface area contributed by atoms with Crippen LogP contribution in [0.5, 0.6) is 0 Å². The molecule has 3 aromatic rings. The molecule has 1 atom stereocenters. The Balaban J connectivity index is 1.66. The Bertz CT molecular complexity index is 1050. The van der Waals surface area contributed by atoms with Crippen molar-refractivity contribution in [2.24, 2.45) is 0 Å². The van der Waals surface area contributed by atoms with Crippen molar-refractivity contribution >= 4 is 26.7 Å². The van der Waals surface area contributed by atoms with Gasteiger partial charge in [-0.2, -0.15) is 9.10 Å². The predicted molar refractivity (Wildman–Crippen MR) is 105 cm³/mol. The molecule has 4 rings (SSSR count). The number of anilines is 1. The number of nitrogens with zero attached hydrogens (tertiary/aromatic N) is 4. The summed E-state index contributed by atoms with van der Waals surface area (Å²) in [6, 6.07) is 10.4. The number of nitrogens with two attached hydrogens (primary N) is 1. The Labute approximate surface area is 158 Å². The number of piperidine rings is 1. The first-order valence-electron chi connectivity index (χ1n) is 9.12. The topological polar surface area (TPSA) is 94.1 Å². The molecule has 27 heavy (non-hydrogen) atoms. The van der Waals surface area contributed by atoms with Gasteiger partial charge < -0.3 is 5.73 Å². The average Bonchev–Trinajstić information content (AvgIpc) is 3.05. The molecule has 2 heterocycles. The lowest BCUT2D eigenvalue weighted by Gasteiger charge is -2.32. The molecular formula is C19H23N5O2S. The summed E-state index contributed by atoms with van der Waals surface area (Å²) in [5.41, 5.74) is 9.72. The molecule has 0 bridgehead atoms. The molecule has 0 saturated carbocycles. The summed E-state index contributed by atoms with van der Waals surface area (Å²) in [6.07, 6.45) is 2.90. The van der Waals surface area contributed by atoms with Crippen LogP contribution in [0.2, 0.25) is 0 Å². The van der Waals surface area contributed by atoms with Crippen LogP contribution in [-0.2, 0) is 10.0 Å². The van der Waals surface area contributed by atoms with Gasteiger partial charge in [0.15, 0.2) is 0 Å². The number of aromatic nitrogens is 3. The molecule has 0 spiro atoms. The van der Waals surface area contributed by atoms with Crippen LogP contribution in [0.15, 0.2) is 41.3 Å². The number of fused-ring (bicyclic) bond motifs is 1. The third-order valence-electron chi connectivity index (χ3n) is 5.18. The lowest BCUT2D eigenvalue weighted by molar-refractivity contribution is 0.268. The standard InChI is InChI=1S/C19H23N5O2S/c1-13-11-18-19(12-17(13)20)22-24(21-18)15-6-8-16(9-7-15)27(25,26)23-10-4-3-5-14(23)2/h6-9,11-12,14H,3-5,10,20H2,1-2H3/t14-/m1/s1. The minimum absolute atomic E-state index is 0.0372. The molecule has 142 valence electrons. The van der Waals surface area contributed by atoms with Gasteiger partial charge in [0.25, 0.3) is 0 Å². The first-order chi connectivity index (χ1) is 12.9. The molecule has 0 aliphatic carbocycles. The molecule has 1 aliphatic rings. The second-order valence-corrected chi connectivity index (χ2v) is 9.03. The van der Waals surface area contributed by atoms with Crippen molar-refractivity contribution in [2.45, 2.75) is 44.0 Å². The third kappa shape index (κ3) is 3.19. The zero-order valence-corrected chi connectivity index (χ0v) is 16.3. The highest BCUT2D eigenvalue weighted by Gasteiger charge is 2.30. The predicted octanol–water partition coefficient (Wildman–Crippen LogP) is 2.87. The lowest BCUT2D eigenvalue weighted by Crippen LogP contribution is -2.41. The van der Waals surface area contributed by atoms with E-state index >= 15 is 0 Å². The number of hydrogen-bond donors (Lipinski definition) is 1. The molecule has 0 amide bonds. The second-order valence-electron chi connectivity index (χ2n) is 7.14. The minimum Gasteiger partial charge on any atom is -0.398 e. The summed E-state index contributed by atoms with van der Waals surface area (Å²) < 4.78 is 27.5. The smallest absolute Gasteiger partial charge is 0.243 e. The number of rotatable bonds is 3. The first kappa shape index (κ1) is 17.9. The first-order valence-corrected chi connectivity index (χ1v) is 10.6. The summed E-state index contributed by atoms with van der Waals surface area (Å²) >= 11 is 0. The molecule has 1 fully saturated rings. The van der Waals surface area contributed by atoms with Crippen LogP contribution < -0.4 is 5.73 Å². The van der Waals surface area contributed by atoms with E-state index in [1.54, 1.807) is 34.6 Å². The van der Waals surface area contributed by atoms with E-state index in [0.29, 0.717) is 28.3 Å². The number of aryl methyl sites for hydroxylation is 1. The Morgan fingerprint density at radius 2 is 1.74 bits per heavy atom. The van der Waals surface area contributed by atoms with Gasteiger partial charge >= 0.3 is 0 Å². The fourth-order valence-corrected chi connectivity index (χ4v) is 5.21. The highest BCUT2D eigenvalue weighted by Crippen LogP contribution is 2.26. The van der Waals surface area contributed by atoms with Crippen LogP contribution in [0.1, 0.15) is 31.7 Å². The van der Waals surface area contributed by atoms with E-state index in [2.05, 4.69) is 10.2 Å². The van der Waals surface area contributed by atoms with Gasteiger partial charge in [-0.25, -0.2) is 8.42 Å². The molecule has 1 aromatic heterocycles. The molecule has 2 N–H and O–H groups in total. The third-order valence-corrected chi connectivity index (χ3v) is 7.21. The largest absolute Gasteiger partial charge is 0.398 e. The van der Waals surface area contributed by atoms with Gasteiger partial charge in [0.2, 0.25) is 10.0 Å². The Hall–Kier alpha value is -2.45. The zero-order chi connectivity index (χ0) is 19.2. The molecular weight excluding hydrogens is 362 g/mol. The summed E-state index contributed by atoms with van der Waals surface area (Å²) in [6.45, 7) is 4.48. The SMILES string of the molecule is Cc1cc2nn(-c3ccc(S(=O)(=O)N4CCCC[C@H]4C)cc3)nc2cc1N. The molecule has 1 saturated heterocycles. The van der Waals surface area contributed by atoms with E-state index in [1.807, 2.05) is 19.9 Å². The summed E-state index contributed by atoms with van der Waals surface area (Å²) in [5, 5.41) is 8.91. The van der Waals surface area contributed by atoms with Crippen molar-refractivity contribution in [2.75, 3.05) is 12.3 Å².